The smallest absolute Gasteiger partial charge is 0.217 e. The summed E-state index contributed by atoms with van der Waals surface area (Å²) in [6, 6.07) is -1.55. The summed E-state index contributed by atoms with van der Waals surface area (Å²) in [6.07, 6.45) is -33.9. The fraction of sp³-hybridized carbons (Fsp3) is 0.962. The van der Waals surface area contributed by atoms with Gasteiger partial charge in [-0.3, -0.25) is 4.79 Å². The van der Waals surface area contributed by atoms with Gasteiger partial charge in [0.25, 0.3) is 0 Å². The van der Waals surface area contributed by atoms with E-state index in [0.717, 1.165) is 6.92 Å². The zero-order chi connectivity index (χ0) is 35.6. The van der Waals surface area contributed by atoms with Crippen molar-refractivity contribution in [2.24, 2.45) is 0 Å². The Morgan fingerprint density at radius 2 is 1.00 bits per heavy atom. The SMILES string of the molecule is CC(=O)N[C@H]1[C@H](O[C@H]2[C@H](O[C@H]3O[C@H](CO)[C@@H](O)[C@H](O)[C@@H]3O)[C@H](O)[C@@H](O)O[C@@H]2CO[C@H]2O[C@H](CO)[C@@H](O)[C@H](O)[C@@H]2O)O[C@H](CO)[C@@H](O)[C@@H]1O. The summed E-state index contributed by atoms with van der Waals surface area (Å²) < 4.78 is 39.1. The quantitative estimate of drug-likeness (QED) is 0.0947. The van der Waals surface area contributed by atoms with Gasteiger partial charge < -0.3 is 105 Å². The number of nitrogens with one attached hydrogen (secondary N) is 1. The summed E-state index contributed by atoms with van der Waals surface area (Å²) in [5.74, 6) is -0.724. The van der Waals surface area contributed by atoms with Crippen LogP contribution in [0.25, 0.3) is 0 Å². The van der Waals surface area contributed by atoms with Crippen molar-refractivity contribution in [2.45, 2.75) is 130 Å². The summed E-state index contributed by atoms with van der Waals surface area (Å²) in [7, 11) is 0. The maximum atomic E-state index is 12.0. The average molecular weight is 708 g/mol. The second kappa shape index (κ2) is 16.8. The molecule has 22 nitrogen and oxygen atoms in total. The van der Waals surface area contributed by atoms with Crippen molar-refractivity contribution in [3.63, 3.8) is 0 Å². The lowest BCUT2D eigenvalue weighted by molar-refractivity contribution is -0.382. The Balaban J connectivity index is 1.66. The number of ether oxygens (including phenoxy) is 7. The number of amides is 1. The van der Waals surface area contributed by atoms with Gasteiger partial charge in [-0.15, -0.1) is 0 Å². The monoisotopic (exact) mass is 707 g/mol. The van der Waals surface area contributed by atoms with Gasteiger partial charge in [-0.2, -0.15) is 0 Å². The van der Waals surface area contributed by atoms with Gasteiger partial charge in [0, 0.05) is 6.92 Å². The van der Waals surface area contributed by atoms with E-state index < -0.39 is 155 Å². The van der Waals surface area contributed by atoms with Crippen LogP contribution >= 0.6 is 0 Å². The Morgan fingerprint density at radius 1 is 0.542 bits per heavy atom. The fourth-order valence-electron chi connectivity index (χ4n) is 5.83. The summed E-state index contributed by atoms with van der Waals surface area (Å²) in [5, 5.41) is 136. The van der Waals surface area contributed by atoms with E-state index in [2.05, 4.69) is 5.32 Å². The van der Waals surface area contributed by atoms with E-state index in [0.29, 0.717) is 0 Å². The van der Waals surface area contributed by atoms with Crippen LogP contribution < -0.4 is 5.32 Å². The molecule has 0 aliphatic carbocycles. The summed E-state index contributed by atoms with van der Waals surface area (Å²) in [5.41, 5.74) is 0. The molecule has 22 heteroatoms. The highest BCUT2D eigenvalue weighted by molar-refractivity contribution is 5.73. The van der Waals surface area contributed by atoms with Gasteiger partial charge in [0.1, 0.15) is 97.6 Å². The number of hydrogen-bond acceptors (Lipinski definition) is 21. The molecule has 0 unspecified atom stereocenters. The molecule has 4 heterocycles. The Morgan fingerprint density at radius 3 is 1.52 bits per heavy atom. The largest absolute Gasteiger partial charge is 0.394 e. The minimum atomic E-state index is -2.11. The molecular formula is C26H45NO21. The van der Waals surface area contributed by atoms with Gasteiger partial charge in [0.05, 0.1) is 26.4 Å². The number of carbonyl (C=O) groups excluding carboxylic acids is 1. The zero-order valence-electron chi connectivity index (χ0n) is 25.5. The molecule has 14 N–H and O–H groups in total. The molecule has 0 spiro atoms. The molecule has 20 atom stereocenters. The molecule has 0 aromatic heterocycles. The predicted octanol–water partition coefficient (Wildman–Crippen LogP) is -9.61. The minimum Gasteiger partial charge on any atom is -0.394 e. The lowest BCUT2D eigenvalue weighted by atomic mass is 9.95. The van der Waals surface area contributed by atoms with Crippen LogP contribution in [0.4, 0.5) is 0 Å². The maximum Gasteiger partial charge on any atom is 0.217 e. The van der Waals surface area contributed by atoms with E-state index in [4.69, 9.17) is 33.2 Å². The molecular weight excluding hydrogens is 662 g/mol. The van der Waals surface area contributed by atoms with Gasteiger partial charge in [-0.25, -0.2) is 0 Å². The highest BCUT2D eigenvalue weighted by Gasteiger charge is 2.55. The Kier molecular flexibility index (Phi) is 13.8. The molecule has 4 aliphatic heterocycles. The van der Waals surface area contributed by atoms with E-state index in [9.17, 15) is 71.2 Å². The number of carbonyl (C=O) groups is 1. The summed E-state index contributed by atoms with van der Waals surface area (Å²) >= 11 is 0. The third-order valence-corrected chi connectivity index (χ3v) is 8.59. The van der Waals surface area contributed by atoms with Crippen LogP contribution in [0.5, 0.6) is 0 Å². The third-order valence-electron chi connectivity index (χ3n) is 8.59. The van der Waals surface area contributed by atoms with Crippen molar-refractivity contribution in [1.29, 1.82) is 0 Å². The van der Waals surface area contributed by atoms with Crippen molar-refractivity contribution in [3.8, 4) is 0 Å². The molecule has 1 amide bonds. The molecule has 0 radical (unpaired) electrons. The number of aliphatic hydroxyl groups is 13. The van der Waals surface area contributed by atoms with Gasteiger partial charge in [0.15, 0.2) is 25.2 Å². The second-order valence-electron chi connectivity index (χ2n) is 11.9. The molecule has 4 aliphatic rings. The first-order chi connectivity index (χ1) is 22.6. The standard InChI is InChI=1S/C26H45NO21/c1-6(31)27-11-15(35)12(32)7(2-28)44-24(11)47-21-10(5-42-25-18(38)16(36)13(33)8(3-29)45-25)43-23(41)20(40)22(21)48-26-19(39)17(37)14(34)9(4-30)46-26/h7-26,28-30,32-41H,2-5H2,1H3,(H,27,31)/t7-,8-,9-,10-,11-,12-,13-,14-,15-,16+,17+,18+,19+,20+,21-,22-,23+,24+,25+,26-/m1/s1. The van der Waals surface area contributed by atoms with Gasteiger partial charge in [-0.05, 0) is 0 Å². The van der Waals surface area contributed by atoms with Crippen LogP contribution in [0.1, 0.15) is 6.92 Å². The number of aliphatic hydroxyl groups excluding tert-OH is 13. The van der Waals surface area contributed by atoms with Gasteiger partial charge in [0.2, 0.25) is 5.91 Å². The van der Waals surface area contributed by atoms with E-state index in [1.807, 2.05) is 0 Å². The van der Waals surface area contributed by atoms with Crippen LogP contribution in [0.3, 0.4) is 0 Å². The molecule has 0 aromatic carbocycles. The van der Waals surface area contributed by atoms with Gasteiger partial charge >= 0.3 is 0 Å². The fourth-order valence-corrected chi connectivity index (χ4v) is 5.83. The maximum absolute atomic E-state index is 12.0. The van der Waals surface area contributed by atoms with E-state index >= 15 is 0 Å². The highest BCUT2D eigenvalue weighted by Crippen LogP contribution is 2.34. The van der Waals surface area contributed by atoms with Crippen LogP contribution in [0.2, 0.25) is 0 Å². The predicted molar refractivity (Wildman–Crippen MR) is 145 cm³/mol. The van der Waals surface area contributed by atoms with E-state index in [-0.39, 0.29) is 0 Å². The molecule has 0 saturated carbocycles. The molecule has 0 bridgehead atoms. The van der Waals surface area contributed by atoms with Crippen LogP contribution in [0, 0.1) is 0 Å². The van der Waals surface area contributed by atoms with Crippen LogP contribution in [0.15, 0.2) is 0 Å². The number of hydrogen-bond donors (Lipinski definition) is 14. The lowest BCUT2D eigenvalue weighted by Gasteiger charge is -2.49. The van der Waals surface area contributed by atoms with Crippen molar-refractivity contribution >= 4 is 5.91 Å². The molecule has 280 valence electrons. The topological polar surface area (TPSA) is 357 Å². The van der Waals surface area contributed by atoms with Crippen LogP contribution in [-0.4, -0.2) is 221 Å². The summed E-state index contributed by atoms with van der Waals surface area (Å²) in [6.45, 7) is -2.18. The Hall–Kier alpha value is -1.33. The molecule has 4 saturated heterocycles. The van der Waals surface area contributed by atoms with E-state index in [1.54, 1.807) is 0 Å². The first-order valence-electron chi connectivity index (χ1n) is 15.1. The van der Waals surface area contributed by atoms with Crippen LogP contribution in [-0.2, 0) is 38.0 Å². The third kappa shape index (κ3) is 8.24. The first kappa shape index (κ1) is 39.5. The normalized spacial score (nSPS) is 50.2. The second-order valence-corrected chi connectivity index (χ2v) is 11.9. The molecule has 4 fully saturated rings. The van der Waals surface area contributed by atoms with Crippen molar-refractivity contribution in [3.05, 3.63) is 0 Å². The first-order valence-corrected chi connectivity index (χ1v) is 15.1. The number of rotatable bonds is 11. The van der Waals surface area contributed by atoms with Crippen molar-refractivity contribution < 1.29 is 104 Å². The highest BCUT2D eigenvalue weighted by atomic mass is 16.8. The van der Waals surface area contributed by atoms with Crippen molar-refractivity contribution in [2.75, 3.05) is 26.4 Å². The van der Waals surface area contributed by atoms with E-state index in [1.165, 1.54) is 0 Å². The molecule has 0 aromatic rings. The lowest BCUT2D eigenvalue weighted by Crippen LogP contribution is -2.69. The summed E-state index contributed by atoms with van der Waals surface area (Å²) in [4.78, 5) is 12.0. The molecule has 4 rings (SSSR count). The zero-order valence-corrected chi connectivity index (χ0v) is 25.5. The average Bonchev–Trinajstić information content (AvgIpc) is 3.06. The Bertz CT molecular complexity index is 1030. The Labute approximate surface area is 272 Å². The molecule has 48 heavy (non-hydrogen) atoms. The minimum absolute atomic E-state index is 0.724. The van der Waals surface area contributed by atoms with Gasteiger partial charge in [-0.1, -0.05) is 0 Å². The van der Waals surface area contributed by atoms with Crippen molar-refractivity contribution in [1.82, 2.24) is 5.32 Å².